The second-order valence-electron chi connectivity index (χ2n) is 6.36. The summed E-state index contributed by atoms with van der Waals surface area (Å²) in [6.07, 6.45) is 0. The zero-order valence-electron chi connectivity index (χ0n) is 16.6. The molecular weight excluding hydrogens is 356 g/mol. The highest BCUT2D eigenvalue weighted by Gasteiger charge is 2.30. The van der Waals surface area contributed by atoms with E-state index in [1.165, 1.54) is 0 Å². The van der Waals surface area contributed by atoms with Crippen molar-refractivity contribution in [3.63, 3.8) is 0 Å². The maximum absolute atomic E-state index is 13.5. The maximum atomic E-state index is 13.5. The van der Waals surface area contributed by atoms with E-state index in [4.69, 9.17) is 9.47 Å². The molecule has 0 unspecified atom stereocenters. The van der Waals surface area contributed by atoms with Gasteiger partial charge in [-0.2, -0.15) is 4.73 Å². The molecule has 0 fully saturated rings. The lowest BCUT2D eigenvalue weighted by atomic mass is 10.0. The van der Waals surface area contributed by atoms with Crippen LogP contribution >= 0.6 is 0 Å². The molecule has 0 atom stereocenters. The summed E-state index contributed by atoms with van der Waals surface area (Å²) in [5.41, 5.74) is 2.87. The Morgan fingerprint density at radius 3 is 2.21 bits per heavy atom. The molecule has 0 saturated carbocycles. The average molecular weight is 381 g/mol. The number of aromatic nitrogens is 2. The maximum Gasteiger partial charge on any atom is 0.297 e. The molecule has 0 aliphatic rings. The average Bonchev–Trinajstić information content (AvgIpc) is 2.69. The molecule has 0 aliphatic heterocycles. The van der Waals surface area contributed by atoms with Crippen molar-refractivity contribution < 1.29 is 19.1 Å². The molecule has 1 heterocycles. The molecule has 0 amide bonds. The largest absolute Gasteiger partial charge is 0.494 e. The summed E-state index contributed by atoms with van der Waals surface area (Å²) in [5, 5.41) is 10.7. The second kappa shape index (κ2) is 8.17. The minimum atomic E-state index is 0.317. The molecule has 6 nitrogen and oxygen atoms in total. The topological polar surface area (TPSA) is 66.6 Å². The first kappa shape index (κ1) is 19.5. The van der Waals surface area contributed by atoms with E-state index in [1.54, 1.807) is 26.0 Å². The molecule has 146 valence electrons. The number of hydrogen-bond acceptors (Lipinski definition) is 4. The summed E-state index contributed by atoms with van der Waals surface area (Å²) in [6.45, 7) is 8.16. The predicted molar refractivity (Wildman–Crippen MR) is 108 cm³/mol. The summed E-state index contributed by atoms with van der Waals surface area (Å²) >= 11 is 0. The number of nitrogens with zero attached hydrogens (tertiary/aromatic N) is 2. The van der Waals surface area contributed by atoms with Crippen LogP contribution in [0.5, 0.6) is 11.5 Å². The lowest BCUT2D eigenvalue weighted by Crippen LogP contribution is -2.28. The van der Waals surface area contributed by atoms with Crippen LogP contribution in [0.4, 0.5) is 0 Å². The van der Waals surface area contributed by atoms with Gasteiger partial charge in [0.25, 0.3) is 11.4 Å². The molecule has 0 aliphatic carbocycles. The van der Waals surface area contributed by atoms with Gasteiger partial charge in [0.15, 0.2) is 0 Å². The van der Waals surface area contributed by atoms with Crippen molar-refractivity contribution in [1.82, 2.24) is 4.73 Å². The standard InChI is InChI=1S/C22H25N2O4/c1-5-27-18-12-13-20(28-6-2)19(14-18)22-16(4)23(25)15(3)21(24(22)26)17-10-8-7-9-11-17/h7-14,25H,5-6H2,1-4H3/q+1. The summed E-state index contributed by atoms with van der Waals surface area (Å²) in [6, 6.07) is 14.7. The number of hydrogen-bond donors (Lipinski definition) is 1. The van der Waals surface area contributed by atoms with Crippen molar-refractivity contribution in [3.05, 3.63) is 64.8 Å². The smallest absolute Gasteiger partial charge is 0.297 e. The zero-order chi connectivity index (χ0) is 20.3. The van der Waals surface area contributed by atoms with Gasteiger partial charge >= 0.3 is 0 Å². The summed E-state index contributed by atoms with van der Waals surface area (Å²) in [4.78, 5) is 13.5. The summed E-state index contributed by atoms with van der Waals surface area (Å²) < 4.78 is 13.3. The minimum Gasteiger partial charge on any atom is -0.494 e. The first-order valence-corrected chi connectivity index (χ1v) is 9.33. The van der Waals surface area contributed by atoms with E-state index >= 15 is 0 Å². The van der Waals surface area contributed by atoms with Crippen LogP contribution in [0, 0.1) is 18.8 Å². The van der Waals surface area contributed by atoms with Crippen LogP contribution in [-0.2, 0) is 0 Å². The lowest BCUT2D eigenvalue weighted by Gasteiger charge is -2.13. The van der Waals surface area contributed by atoms with Crippen LogP contribution in [-0.4, -0.2) is 23.2 Å². The van der Waals surface area contributed by atoms with E-state index in [2.05, 4.69) is 0 Å². The molecule has 3 aromatic rings. The van der Waals surface area contributed by atoms with Crippen LogP contribution in [0.2, 0.25) is 0 Å². The fourth-order valence-corrected chi connectivity index (χ4v) is 3.32. The third kappa shape index (κ3) is 3.45. The molecule has 6 heteroatoms. The molecule has 0 saturated heterocycles. The quantitative estimate of drug-likeness (QED) is 0.508. The van der Waals surface area contributed by atoms with Gasteiger partial charge in [0, 0.05) is 4.91 Å². The van der Waals surface area contributed by atoms with Gasteiger partial charge in [0.2, 0.25) is 0 Å². The Labute approximate surface area is 164 Å². The van der Waals surface area contributed by atoms with Crippen molar-refractivity contribution in [3.8, 4) is 34.0 Å². The van der Waals surface area contributed by atoms with Gasteiger partial charge in [-0.05, 0) is 58.0 Å². The van der Waals surface area contributed by atoms with E-state index in [1.807, 2.05) is 50.2 Å². The van der Waals surface area contributed by atoms with Crippen molar-refractivity contribution in [2.75, 3.05) is 13.2 Å². The minimum absolute atomic E-state index is 0.317. The molecule has 1 aromatic heterocycles. The molecule has 2 aromatic carbocycles. The molecular formula is C22H25N2O4+. The van der Waals surface area contributed by atoms with Gasteiger partial charge in [-0.3, -0.25) is 0 Å². The van der Waals surface area contributed by atoms with Gasteiger partial charge in [0.05, 0.1) is 28.8 Å². The fraction of sp³-hybridized carbons (Fsp3) is 0.273. The van der Waals surface area contributed by atoms with Gasteiger partial charge in [0.1, 0.15) is 22.9 Å². The Balaban J connectivity index is 2.36. The molecule has 0 spiro atoms. The van der Waals surface area contributed by atoms with Gasteiger partial charge in [-0.15, -0.1) is 0 Å². The van der Waals surface area contributed by atoms with Crippen LogP contribution < -0.4 is 13.9 Å². The normalized spacial score (nSPS) is 10.7. The van der Waals surface area contributed by atoms with Crippen molar-refractivity contribution in [2.24, 2.45) is 0 Å². The Hall–Kier alpha value is -3.28. The van der Waals surface area contributed by atoms with E-state index in [9.17, 15) is 10.1 Å². The third-order valence-corrected chi connectivity index (χ3v) is 4.59. The molecule has 28 heavy (non-hydrogen) atoms. The van der Waals surface area contributed by atoms with Crippen LogP contribution in [0.3, 0.4) is 0 Å². The van der Waals surface area contributed by atoms with Crippen LogP contribution in [0.15, 0.2) is 48.5 Å². The summed E-state index contributed by atoms with van der Waals surface area (Å²) in [5.74, 6) is 1.19. The Bertz CT molecular complexity index is 1040. The SMILES string of the molecule is CCOc1ccc(OCC)c(-c2c(C)n(O)c(C)c(-c3ccccc3)[n+]2=O)c1. The predicted octanol–water partition coefficient (Wildman–Crippen LogP) is 4.39. The Kier molecular flexibility index (Phi) is 5.68. The molecule has 1 N–H and O–H groups in total. The molecule has 3 rings (SSSR count). The first-order chi connectivity index (χ1) is 13.5. The number of ether oxygens (including phenoxy) is 2. The molecule has 0 radical (unpaired) electrons. The number of benzene rings is 2. The Morgan fingerprint density at radius 2 is 1.57 bits per heavy atom. The highest BCUT2D eigenvalue weighted by Crippen LogP contribution is 2.35. The van der Waals surface area contributed by atoms with E-state index in [-0.39, 0.29) is 0 Å². The van der Waals surface area contributed by atoms with Crippen molar-refractivity contribution in [2.45, 2.75) is 27.7 Å². The highest BCUT2D eigenvalue weighted by molar-refractivity contribution is 5.70. The van der Waals surface area contributed by atoms with Gasteiger partial charge in [-0.1, -0.05) is 18.2 Å². The fourth-order valence-electron chi connectivity index (χ4n) is 3.32. The lowest BCUT2D eigenvalue weighted by molar-refractivity contribution is -0.472. The van der Waals surface area contributed by atoms with Crippen LogP contribution in [0.1, 0.15) is 25.2 Å². The van der Waals surface area contributed by atoms with E-state index in [0.29, 0.717) is 53.1 Å². The van der Waals surface area contributed by atoms with Crippen LogP contribution in [0.25, 0.3) is 22.5 Å². The Morgan fingerprint density at radius 1 is 0.929 bits per heavy atom. The van der Waals surface area contributed by atoms with E-state index in [0.717, 1.165) is 14.7 Å². The monoisotopic (exact) mass is 381 g/mol. The highest BCUT2D eigenvalue weighted by atomic mass is 16.5. The zero-order valence-corrected chi connectivity index (χ0v) is 16.6. The van der Waals surface area contributed by atoms with Gasteiger partial charge < -0.3 is 14.7 Å². The first-order valence-electron chi connectivity index (χ1n) is 9.33. The molecule has 0 bridgehead atoms. The van der Waals surface area contributed by atoms with Crippen molar-refractivity contribution >= 4 is 0 Å². The second-order valence-corrected chi connectivity index (χ2v) is 6.36. The van der Waals surface area contributed by atoms with Crippen molar-refractivity contribution in [1.29, 1.82) is 0 Å². The van der Waals surface area contributed by atoms with Gasteiger partial charge in [-0.25, -0.2) is 0 Å². The number of rotatable bonds is 6. The third-order valence-electron chi connectivity index (χ3n) is 4.59. The summed E-state index contributed by atoms with van der Waals surface area (Å²) in [7, 11) is 0. The van der Waals surface area contributed by atoms with E-state index < -0.39 is 0 Å².